The van der Waals surface area contributed by atoms with Crippen molar-refractivity contribution in [1.29, 1.82) is 0 Å². The molecule has 8 nitrogen and oxygen atoms in total. The zero-order valence-electron chi connectivity index (χ0n) is 23.2. The van der Waals surface area contributed by atoms with Gasteiger partial charge in [-0.2, -0.15) is 0 Å². The normalized spacial score (nSPS) is 14.7. The summed E-state index contributed by atoms with van der Waals surface area (Å²) >= 11 is 1.27. The third kappa shape index (κ3) is 5.53. The van der Waals surface area contributed by atoms with Gasteiger partial charge in [-0.1, -0.05) is 59.9 Å². The fourth-order valence-electron chi connectivity index (χ4n) is 4.76. The minimum atomic E-state index is -0.817. The zero-order valence-corrected chi connectivity index (χ0v) is 24.1. The lowest BCUT2D eigenvalue weighted by Crippen LogP contribution is -2.40. The van der Waals surface area contributed by atoms with Crippen molar-refractivity contribution in [2.45, 2.75) is 19.9 Å². The van der Waals surface area contributed by atoms with E-state index < -0.39 is 12.0 Å². The average molecular weight is 571 g/mol. The Morgan fingerprint density at radius 1 is 0.951 bits per heavy atom. The van der Waals surface area contributed by atoms with E-state index in [0.29, 0.717) is 38.7 Å². The van der Waals surface area contributed by atoms with Crippen LogP contribution in [0, 0.1) is 0 Å². The Kier molecular flexibility index (Phi) is 8.35. The molecule has 0 unspecified atom stereocenters. The number of methoxy groups -OCH3 is 2. The molecule has 1 aromatic heterocycles. The molecule has 9 heteroatoms. The van der Waals surface area contributed by atoms with Crippen LogP contribution in [0.4, 0.5) is 0 Å². The molecule has 0 radical (unpaired) electrons. The highest BCUT2D eigenvalue weighted by atomic mass is 32.1. The van der Waals surface area contributed by atoms with Crippen LogP contribution >= 0.6 is 11.3 Å². The van der Waals surface area contributed by atoms with Gasteiger partial charge in [0.15, 0.2) is 16.3 Å². The summed E-state index contributed by atoms with van der Waals surface area (Å²) in [6.07, 6.45) is 1.82. The maximum atomic E-state index is 14.0. The molecule has 0 saturated carbocycles. The number of carbonyl (C=O) groups excluding carboxylic acids is 1. The topological polar surface area (TPSA) is 88.4 Å². The molecule has 3 aromatic carbocycles. The van der Waals surface area contributed by atoms with E-state index in [1.165, 1.54) is 11.3 Å². The highest BCUT2D eigenvalue weighted by molar-refractivity contribution is 7.07. The van der Waals surface area contributed by atoms with Gasteiger partial charge in [0.05, 0.1) is 49.3 Å². The fourth-order valence-corrected chi connectivity index (χ4v) is 5.76. The highest BCUT2D eigenvalue weighted by Crippen LogP contribution is 2.38. The maximum absolute atomic E-state index is 14.0. The number of carbonyl (C=O) groups is 1. The van der Waals surface area contributed by atoms with Gasteiger partial charge in [0.25, 0.3) is 5.56 Å². The van der Waals surface area contributed by atoms with Crippen molar-refractivity contribution in [2.75, 3.05) is 27.4 Å². The Morgan fingerprint density at radius 3 is 2.34 bits per heavy atom. The van der Waals surface area contributed by atoms with Crippen molar-refractivity contribution in [1.82, 2.24) is 4.57 Å². The van der Waals surface area contributed by atoms with Crippen molar-refractivity contribution in [2.24, 2.45) is 4.99 Å². The molecule has 5 rings (SSSR count). The molecular weight excluding hydrogens is 540 g/mol. The second-order valence-electron chi connectivity index (χ2n) is 9.05. The van der Waals surface area contributed by atoms with Crippen LogP contribution < -0.4 is 29.1 Å². The first kappa shape index (κ1) is 27.9. The molecule has 0 saturated heterocycles. The Morgan fingerprint density at radius 2 is 1.68 bits per heavy atom. The fraction of sp³-hybridized carbons (Fsp3) is 0.219. The van der Waals surface area contributed by atoms with Crippen molar-refractivity contribution in [3.05, 3.63) is 115 Å². The number of hydrogen-bond acceptors (Lipinski definition) is 8. The lowest BCUT2D eigenvalue weighted by Gasteiger charge is -2.26. The van der Waals surface area contributed by atoms with E-state index in [0.717, 1.165) is 16.9 Å². The maximum Gasteiger partial charge on any atom is 0.338 e. The first-order valence-electron chi connectivity index (χ1n) is 13.2. The van der Waals surface area contributed by atoms with Gasteiger partial charge in [0.1, 0.15) is 5.75 Å². The van der Waals surface area contributed by atoms with Crippen LogP contribution in [-0.2, 0) is 9.53 Å². The first-order valence-corrected chi connectivity index (χ1v) is 14.0. The Labute approximate surface area is 241 Å². The third-order valence-electron chi connectivity index (χ3n) is 6.59. The smallest absolute Gasteiger partial charge is 0.338 e. The van der Waals surface area contributed by atoms with Gasteiger partial charge in [-0.3, -0.25) is 9.36 Å². The standard InChI is InChI=1S/C32H30N2O6S/c1-5-39-23-15-12-20(13-16-23)18-26-30(35)34-29(22-14-17-24(37-3)25(19-22)38-4)27(31(36)40-6-2)28(33-32(34)41-26)21-10-8-7-9-11-21/h7-19,29H,5-6H2,1-4H3/b26-18-/t29-/m1/s1. The molecule has 0 fully saturated rings. The van der Waals surface area contributed by atoms with Gasteiger partial charge < -0.3 is 18.9 Å². The molecule has 0 N–H and O–H groups in total. The molecule has 210 valence electrons. The molecule has 1 aliphatic heterocycles. The first-order chi connectivity index (χ1) is 20.0. The summed E-state index contributed by atoms with van der Waals surface area (Å²) in [5.41, 5.74) is 2.70. The number of aromatic nitrogens is 1. The van der Waals surface area contributed by atoms with Crippen LogP contribution in [0.1, 0.15) is 36.6 Å². The molecule has 1 aliphatic rings. The zero-order chi connectivity index (χ0) is 28.9. The van der Waals surface area contributed by atoms with Crippen LogP contribution in [0.25, 0.3) is 11.8 Å². The molecule has 0 aliphatic carbocycles. The van der Waals surface area contributed by atoms with E-state index in [9.17, 15) is 9.59 Å². The minimum Gasteiger partial charge on any atom is -0.494 e. The second kappa shape index (κ2) is 12.3. The number of ether oxygens (including phenoxy) is 4. The highest BCUT2D eigenvalue weighted by Gasteiger charge is 2.35. The molecule has 0 amide bonds. The predicted octanol–water partition coefficient (Wildman–Crippen LogP) is 4.35. The Hall–Kier alpha value is -4.63. The summed E-state index contributed by atoms with van der Waals surface area (Å²) < 4.78 is 24.1. The van der Waals surface area contributed by atoms with E-state index >= 15 is 0 Å². The van der Waals surface area contributed by atoms with E-state index in [2.05, 4.69) is 0 Å². The summed E-state index contributed by atoms with van der Waals surface area (Å²) in [4.78, 5) is 33.0. The van der Waals surface area contributed by atoms with E-state index in [4.69, 9.17) is 23.9 Å². The monoisotopic (exact) mass is 570 g/mol. The summed E-state index contributed by atoms with van der Waals surface area (Å²) in [6.45, 7) is 4.42. The van der Waals surface area contributed by atoms with Crippen LogP contribution in [0.15, 0.2) is 88.2 Å². The minimum absolute atomic E-state index is 0.172. The summed E-state index contributed by atoms with van der Waals surface area (Å²) in [5.74, 6) is 1.22. The number of nitrogens with zero attached hydrogens (tertiary/aromatic N) is 2. The average Bonchev–Trinajstić information content (AvgIpc) is 3.31. The number of thiazole rings is 1. The van der Waals surface area contributed by atoms with Crippen LogP contribution in [0.5, 0.6) is 17.2 Å². The van der Waals surface area contributed by atoms with Crippen LogP contribution in [-0.4, -0.2) is 38.0 Å². The van der Waals surface area contributed by atoms with Crippen molar-refractivity contribution >= 4 is 29.1 Å². The van der Waals surface area contributed by atoms with Gasteiger partial charge in [0.2, 0.25) is 0 Å². The van der Waals surface area contributed by atoms with Gasteiger partial charge in [0, 0.05) is 5.56 Å². The summed E-state index contributed by atoms with van der Waals surface area (Å²) in [5, 5.41) is 0. The SMILES string of the molecule is CCOC(=O)C1=C(c2ccccc2)N=c2s/c(=C\c3ccc(OCC)cc3)c(=O)n2[C@@H]1c1ccc(OC)c(OC)c1. The van der Waals surface area contributed by atoms with Gasteiger partial charge in [-0.15, -0.1) is 0 Å². The molecule has 4 aromatic rings. The van der Waals surface area contributed by atoms with Gasteiger partial charge >= 0.3 is 5.97 Å². The van der Waals surface area contributed by atoms with Crippen molar-refractivity contribution in [3.8, 4) is 17.2 Å². The number of rotatable bonds is 9. The summed E-state index contributed by atoms with van der Waals surface area (Å²) in [6, 6.07) is 21.5. The Bertz CT molecular complexity index is 1770. The molecule has 0 spiro atoms. The number of benzene rings is 3. The molecule has 0 bridgehead atoms. The van der Waals surface area contributed by atoms with Gasteiger partial charge in [-0.25, -0.2) is 9.79 Å². The van der Waals surface area contributed by atoms with E-state index in [-0.39, 0.29) is 17.7 Å². The third-order valence-corrected chi connectivity index (χ3v) is 7.57. The lowest BCUT2D eigenvalue weighted by molar-refractivity contribution is -0.138. The lowest BCUT2D eigenvalue weighted by atomic mass is 9.93. The van der Waals surface area contributed by atoms with Crippen molar-refractivity contribution in [3.63, 3.8) is 0 Å². The molecule has 1 atom stereocenters. The molecule has 2 heterocycles. The largest absolute Gasteiger partial charge is 0.494 e. The number of hydrogen-bond donors (Lipinski definition) is 0. The number of fused-ring (bicyclic) bond motifs is 1. The van der Waals surface area contributed by atoms with Crippen LogP contribution in [0.3, 0.4) is 0 Å². The predicted molar refractivity (Wildman–Crippen MR) is 158 cm³/mol. The van der Waals surface area contributed by atoms with Gasteiger partial charge in [-0.05, 0) is 55.3 Å². The summed E-state index contributed by atoms with van der Waals surface area (Å²) in [7, 11) is 3.10. The van der Waals surface area contributed by atoms with E-state index in [1.807, 2.05) is 73.7 Å². The van der Waals surface area contributed by atoms with E-state index in [1.54, 1.807) is 37.8 Å². The van der Waals surface area contributed by atoms with Crippen molar-refractivity contribution < 1.29 is 23.7 Å². The quantitative estimate of drug-likeness (QED) is 0.278. The molecular formula is C32H30N2O6S. The molecule has 41 heavy (non-hydrogen) atoms. The second-order valence-corrected chi connectivity index (χ2v) is 10.1. The van der Waals surface area contributed by atoms with Crippen LogP contribution in [0.2, 0.25) is 0 Å². The Balaban J connectivity index is 1.79. The number of esters is 1.